The van der Waals surface area contributed by atoms with Crippen molar-refractivity contribution in [3.05, 3.63) is 83.1 Å². The minimum Gasteiger partial charge on any atom is -0.448 e. The van der Waals surface area contributed by atoms with Gasteiger partial charge in [-0.3, -0.25) is 9.69 Å². The standard InChI is InChI=1S/C23H21N5O5S2/c1-27-22(24-25-26-27)35-13-16-12-34-21-23(31,32)20(30)28(21)17(16)19(29)33-18(14-8-4-2-5-9-14)15-10-6-3-7-11-15/h2-11,18,21,31-32H,12-13H2,1H3/t21-/m1/s1. The maximum atomic E-state index is 13.6. The molecule has 1 amide bonds. The largest absolute Gasteiger partial charge is 0.448 e. The highest BCUT2D eigenvalue weighted by molar-refractivity contribution is 8.01. The van der Waals surface area contributed by atoms with Crippen LogP contribution in [0.2, 0.25) is 0 Å². The number of β-lactam (4-membered cyclic amide) rings is 1. The summed E-state index contributed by atoms with van der Waals surface area (Å²) in [5, 5.41) is 31.2. The molecule has 12 heteroatoms. The number of aliphatic hydroxyl groups is 2. The normalized spacial score (nSPS) is 18.9. The minimum atomic E-state index is -2.53. The van der Waals surface area contributed by atoms with E-state index in [-0.39, 0.29) is 5.70 Å². The molecule has 3 aromatic rings. The molecule has 3 heterocycles. The molecular weight excluding hydrogens is 490 g/mol. The lowest BCUT2D eigenvalue weighted by atomic mass is 10.0. The third kappa shape index (κ3) is 4.33. The van der Waals surface area contributed by atoms with Crippen molar-refractivity contribution in [3.63, 3.8) is 0 Å². The Morgan fingerprint density at radius 2 is 1.80 bits per heavy atom. The van der Waals surface area contributed by atoms with Crippen LogP contribution in [0.1, 0.15) is 17.2 Å². The quantitative estimate of drug-likeness (QED) is 0.208. The van der Waals surface area contributed by atoms with Crippen LogP contribution in [0.5, 0.6) is 0 Å². The van der Waals surface area contributed by atoms with Gasteiger partial charge in [-0.25, -0.2) is 9.48 Å². The molecule has 0 bridgehead atoms. The van der Waals surface area contributed by atoms with Gasteiger partial charge in [0.15, 0.2) is 6.10 Å². The Hall–Kier alpha value is -3.19. The molecule has 180 valence electrons. The smallest absolute Gasteiger partial charge is 0.356 e. The molecule has 0 spiro atoms. The lowest BCUT2D eigenvalue weighted by Crippen LogP contribution is -2.73. The highest BCUT2D eigenvalue weighted by Gasteiger charge is 2.64. The van der Waals surface area contributed by atoms with Crippen LogP contribution in [0.4, 0.5) is 0 Å². The number of carbonyl (C=O) groups is 2. The molecule has 5 rings (SSSR count). The van der Waals surface area contributed by atoms with Crippen molar-refractivity contribution in [2.75, 3.05) is 11.5 Å². The van der Waals surface area contributed by atoms with Gasteiger partial charge in [0, 0.05) is 18.6 Å². The fraction of sp³-hybridized carbons (Fsp3) is 0.261. The van der Waals surface area contributed by atoms with Crippen LogP contribution in [0.3, 0.4) is 0 Å². The van der Waals surface area contributed by atoms with Gasteiger partial charge in [0.2, 0.25) is 5.16 Å². The Labute approximate surface area is 209 Å². The number of rotatable bonds is 7. The maximum Gasteiger partial charge on any atom is 0.356 e. The molecule has 0 radical (unpaired) electrons. The fourth-order valence-corrected chi connectivity index (χ4v) is 6.20. The second-order valence-corrected chi connectivity index (χ2v) is 10.0. The Morgan fingerprint density at radius 3 is 2.37 bits per heavy atom. The molecule has 0 unspecified atom stereocenters. The summed E-state index contributed by atoms with van der Waals surface area (Å²) in [5.41, 5.74) is 2.18. The predicted octanol–water partition coefficient (Wildman–Crippen LogP) is 1.49. The highest BCUT2D eigenvalue weighted by Crippen LogP contribution is 2.46. The van der Waals surface area contributed by atoms with Gasteiger partial charge in [0.25, 0.3) is 11.7 Å². The molecule has 10 nitrogen and oxygen atoms in total. The van der Waals surface area contributed by atoms with E-state index in [2.05, 4.69) is 15.5 Å². The molecule has 1 aromatic heterocycles. The summed E-state index contributed by atoms with van der Waals surface area (Å²) in [4.78, 5) is 27.4. The van der Waals surface area contributed by atoms with Crippen molar-refractivity contribution >= 4 is 35.4 Å². The summed E-state index contributed by atoms with van der Waals surface area (Å²) in [7, 11) is 1.70. The van der Waals surface area contributed by atoms with Crippen molar-refractivity contribution < 1.29 is 24.5 Å². The molecule has 1 saturated heterocycles. The lowest BCUT2D eigenvalue weighted by Gasteiger charge is -2.51. The summed E-state index contributed by atoms with van der Waals surface area (Å²) >= 11 is 2.48. The number of aryl methyl sites for hydroxylation is 1. The zero-order chi connectivity index (χ0) is 24.6. The van der Waals surface area contributed by atoms with Crippen LogP contribution < -0.4 is 0 Å². The first-order valence-corrected chi connectivity index (χ1v) is 12.7. The Kier molecular flexibility index (Phi) is 6.36. The van der Waals surface area contributed by atoms with Gasteiger partial charge in [0.05, 0.1) is 0 Å². The fourth-order valence-electron chi connectivity index (χ4n) is 3.93. The molecule has 2 aliphatic heterocycles. The number of hydrogen-bond acceptors (Lipinski definition) is 10. The predicted molar refractivity (Wildman–Crippen MR) is 128 cm³/mol. The minimum absolute atomic E-state index is 0.0250. The zero-order valence-corrected chi connectivity index (χ0v) is 20.1. The van der Waals surface area contributed by atoms with E-state index < -0.39 is 29.1 Å². The molecule has 1 fully saturated rings. The SMILES string of the molecule is Cn1nnnc1SCC1=C(C(=O)OC(c2ccccc2)c2ccccc2)N2C(=O)C(O)(O)[C@H]2SC1. The third-order valence-corrected chi connectivity index (χ3v) is 8.15. The van der Waals surface area contributed by atoms with Gasteiger partial charge in [0.1, 0.15) is 11.1 Å². The van der Waals surface area contributed by atoms with E-state index in [0.717, 1.165) is 16.0 Å². The van der Waals surface area contributed by atoms with E-state index in [0.29, 0.717) is 22.2 Å². The summed E-state index contributed by atoms with van der Waals surface area (Å²) in [6, 6.07) is 18.6. The number of benzene rings is 2. The van der Waals surface area contributed by atoms with Crippen molar-refractivity contribution in [1.82, 2.24) is 25.1 Å². The first-order chi connectivity index (χ1) is 16.9. The summed E-state index contributed by atoms with van der Waals surface area (Å²) < 4.78 is 7.51. The molecule has 0 aliphatic carbocycles. The van der Waals surface area contributed by atoms with Crippen LogP contribution >= 0.6 is 23.5 Å². The number of esters is 1. The molecule has 2 N–H and O–H groups in total. The Morgan fingerprint density at radius 1 is 1.17 bits per heavy atom. The maximum absolute atomic E-state index is 13.6. The van der Waals surface area contributed by atoms with Gasteiger partial charge >= 0.3 is 5.97 Å². The average molecular weight is 512 g/mol. The van der Waals surface area contributed by atoms with E-state index >= 15 is 0 Å². The van der Waals surface area contributed by atoms with Gasteiger partial charge < -0.3 is 14.9 Å². The first kappa shape index (κ1) is 23.5. The number of amides is 1. The van der Waals surface area contributed by atoms with Gasteiger partial charge in [-0.05, 0) is 27.1 Å². The van der Waals surface area contributed by atoms with Crippen molar-refractivity contribution in [3.8, 4) is 0 Å². The molecular formula is C23H21N5O5S2. The summed E-state index contributed by atoms with van der Waals surface area (Å²) in [6.45, 7) is 0. The van der Waals surface area contributed by atoms with Gasteiger partial charge in [-0.1, -0.05) is 72.4 Å². The number of ether oxygens (including phenoxy) is 1. The first-order valence-electron chi connectivity index (χ1n) is 10.7. The van der Waals surface area contributed by atoms with E-state index in [9.17, 15) is 19.8 Å². The Bertz CT molecular complexity index is 1240. The number of aromatic nitrogens is 4. The lowest BCUT2D eigenvalue weighted by molar-refractivity contribution is -0.238. The van der Waals surface area contributed by atoms with Crippen LogP contribution in [-0.4, -0.2) is 69.9 Å². The number of tetrazole rings is 1. The molecule has 2 aromatic carbocycles. The second kappa shape index (κ2) is 9.46. The molecule has 2 aliphatic rings. The summed E-state index contributed by atoms with van der Waals surface area (Å²) in [5.74, 6) is -3.58. The van der Waals surface area contributed by atoms with Crippen LogP contribution in [0, 0.1) is 0 Å². The molecule has 0 saturated carbocycles. The Balaban J connectivity index is 1.49. The van der Waals surface area contributed by atoms with Crippen molar-refractivity contribution in [2.24, 2.45) is 7.05 Å². The number of thioether (sulfide) groups is 2. The van der Waals surface area contributed by atoms with Crippen LogP contribution in [0.15, 0.2) is 77.1 Å². The van der Waals surface area contributed by atoms with E-state index in [1.165, 1.54) is 28.2 Å². The average Bonchev–Trinajstić information content (AvgIpc) is 3.30. The number of carbonyl (C=O) groups excluding carboxylic acids is 2. The third-order valence-electron chi connectivity index (χ3n) is 5.68. The molecule has 35 heavy (non-hydrogen) atoms. The van der Waals surface area contributed by atoms with E-state index in [1.54, 1.807) is 7.05 Å². The number of nitrogens with zero attached hydrogens (tertiary/aromatic N) is 5. The van der Waals surface area contributed by atoms with E-state index in [4.69, 9.17) is 4.74 Å². The number of fused-ring (bicyclic) bond motifs is 1. The monoisotopic (exact) mass is 511 g/mol. The number of hydrogen-bond donors (Lipinski definition) is 2. The van der Waals surface area contributed by atoms with Gasteiger partial charge in [-0.15, -0.1) is 16.9 Å². The van der Waals surface area contributed by atoms with Crippen LogP contribution in [0.25, 0.3) is 0 Å². The second-order valence-electron chi connectivity index (χ2n) is 8.00. The van der Waals surface area contributed by atoms with Crippen molar-refractivity contribution in [1.29, 1.82) is 0 Å². The van der Waals surface area contributed by atoms with E-state index in [1.807, 2.05) is 60.7 Å². The highest BCUT2D eigenvalue weighted by atomic mass is 32.2. The topological polar surface area (TPSA) is 131 Å². The van der Waals surface area contributed by atoms with Gasteiger partial charge in [-0.2, -0.15) is 0 Å². The van der Waals surface area contributed by atoms with Crippen molar-refractivity contribution in [2.45, 2.75) is 22.4 Å². The van der Waals surface area contributed by atoms with Crippen LogP contribution in [-0.2, 0) is 21.4 Å². The molecule has 1 atom stereocenters. The summed E-state index contributed by atoms with van der Waals surface area (Å²) in [6.07, 6.45) is -0.716. The zero-order valence-electron chi connectivity index (χ0n) is 18.5.